The van der Waals surface area contributed by atoms with E-state index in [1.807, 2.05) is 27.7 Å². The minimum absolute atomic E-state index is 0.273. The van der Waals surface area contributed by atoms with E-state index >= 15 is 0 Å². The molecule has 1 aliphatic rings. The van der Waals surface area contributed by atoms with Gasteiger partial charge in [-0.25, -0.2) is 4.79 Å². The molecule has 1 aromatic rings. The van der Waals surface area contributed by atoms with Crippen molar-refractivity contribution >= 4 is 18.6 Å². The van der Waals surface area contributed by atoms with Gasteiger partial charge in [-0.2, -0.15) is 0 Å². The number of aliphatic hydroxyl groups excluding tert-OH is 2. The zero-order valence-corrected chi connectivity index (χ0v) is 13.9. The third-order valence-electron chi connectivity index (χ3n) is 4.39. The zero-order chi connectivity index (χ0) is 17.4. The molecular formula is C15H22BNO6. The van der Waals surface area contributed by atoms with Gasteiger partial charge in [-0.05, 0) is 27.7 Å². The molecule has 0 saturated carbocycles. The van der Waals surface area contributed by atoms with Gasteiger partial charge in [-0.1, -0.05) is 6.07 Å². The number of hydrogen-bond donors (Lipinski definition) is 2. The largest absolute Gasteiger partial charge is 0.496 e. The summed E-state index contributed by atoms with van der Waals surface area (Å²) >= 11 is 0. The summed E-state index contributed by atoms with van der Waals surface area (Å²) in [5, 5.41) is 19.8. The van der Waals surface area contributed by atoms with E-state index in [0.29, 0.717) is 5.46 Å². The van der Waals surface area contributed by atoms with E-state index in [2.05, 4.69) is 9.72 Å². The summed E-state index contributed by atoms with van der Waals surface area (Å²) in [7, 11) is 0.493. The van der Waals surface area contributed by atoms with Crippen molar-refractivity contribution < 1.29 is 29.1 Å². The lowest BCUT2D eigenvalue weighted by Crippen LogP contribution is -2.41. The fourth-order valence-electron chi connectivity index (χ4n) is 2.18. The smallest absolute Gasteiger partial charge is 0.467 e. The number of rotatable bonds is 4. The van der Waals surface area contributed by atoms with E-state index in [1.165, 1.54) is 6.20 Å². The molecule has 1 saturated heterocycles. The molecule has 126 valence electrons. The number of esters is 1. The van der Waals surface area contributed by atoms with Gasteiger partial charge in [-0.15, -0.1) is 0 Å². The van der Waals surface area contributed by atoms with E-state index < -0.39 is 36.5 Å². The van der Waals surface area contributed by atoms with Gasteiger partial charge in [0.1, 0.15) is 6.10 Å². The van der Waals surface area contributed by atoms with Crippen LogP contribution in [0.25, 0.3) is 0 Å². The fraction of sp³-hybridized carbons (Fsp3) is 0.600. The number of pyridine rings is 1. The number of hydrogen-bond acceptors (Lipinski definition) is 7. The average Bonchev–Trinajstić information content (AvgIpc) is 2.73. The summed E-state index contributed by atoms with van der Waals surface area (Å²) in [4.78, 5) is 15.4. The quantitative estimate of drug-likeness (QED) is 0.592. The van der Waals surface area contributed by atoms with Crippen LogP contribution in [0.5, 0.6) is 0 Å². The molecule has 1 aliphatic heterocycles. The molecule has 0 spiro atoms. The highest BCUT2D eigenvalue weighted by Crippen LogP contribution is 2.36. The van der Waals surface area contributed by atoms with Crippen molar-refractivity contribution in [1.82, 2.24) is 4.98 Å². The molecule has 2 atom stereocenters. The standard InChI is InChI=1S/C15H22BNO6/c1-14(2)15(3,4)23-16(22-14)10-6-9(7-17-8-10)11(18)12(19)13(20)21-5/h6-8,11-12,18-19H,1-5H3. The molecule has 0 amide bonds. The number of carbonyl (C=O) groups excluding carboxylic acids is 1. The maximum absolute atomic E-state index is 11.3. The minimum Gasteiger partial charge on any atom is -0.467 e. The number of carbonyl (C=O) groups is 1. The second-order valence-electron chi connectivity index (χ2n) is 6.55. The Balaban J connectivity index is 2.23. The first-order chi connectivity index (χ1) is 10.6. The van der Waals surface area contributed by atoms with Gasteiger partial charge in [0, 0.05) is 23.4 Å². The van der Waals surface area contributed by atoms with E-state index in [0.717, 1.165) is 7.11 Å². The Labute approximate surface area is 135 Å². The van der Waals surface area contributed by atoms with Crippen LogP contribution >= 0.6 is 0 Å². The van der Waals surface area contributed by atoms with Crippen molar-refractivity contribution in [3.8, 4) is 0 Å². The molecule has 0 aliphatic carbocycles. The second-order valence-corrected chi connectivity index (χ2v) is 6.55. The van der Waals surface area contributed by atoms with Crippen molar-refractivity contribution in [2.75, 3.05) is 7.11 Å². The van der Waals surface area contributed by atoms with Crippen molar-refractivity contribution in [2.24, 2.45) is 0 Å². The third kappa shape index (κ3) is 3.40. The number of aromatic nitrogens is 1. The first-order valence-electron chi connectivity index (χ1n) is 7.33. The molecule has 1 aromatic heterocycles. The van der Waals surface area contributed by atoms with Crippen LogP contribution in [0, 0.1) is 0 Å². The lowest BCUT2D eigenvalue weighted by Gasteiger charge is -2.32. The van der Waals surface area contributed by atoms with E-state index in [-0.39, 0.29) is 5.56 Å². The SMILES string of the molecule is COC(=O)C(O)C(O)c1cncc(B2OC(C)(C)C(C)(C)O2)c1. The molecule has 23 heavy (non-hydrogen) atoms. The van der Waals surface area contributed by atoms with E-state index in [1.54, 1.807) is 12.3 Å². The maximum atomic E-state index is 11.3. The minimum atomic E-state index is -1.68. The van der Waals surface area contributed by atoms with Gasteiger partial charge >= 0.3 is 13.1 Å². The lowest BCUT2D eigenvalue weighted by molar-refractivity contribution is -0.156. The van der Waals surface area contributed by atoms with Crippen molar-refractivity contribution in [3.63, 3.8) is 0 Å². The molecule has 1 fully saturated rings. The molecule has 2 N–H and O–H groups in total. The summed E-state index contributed by atoms with van der Waals surface area (Å²) in [5.41, 5.74) is -0.136. The lowest BCUT2D eigenvalue weighted by atomic mass is 9.79. The monoisotopic (exact) mass is 323 g/mol. The van der Waals surface area contributed by atoms with Crippen molar-refractivity contribution in [1.29, 1.82) is 0 Å². The Morgan fingerprint density at radius 1 is 1.22 bits per heavy atom. The molecule has 0 aromatic carbocycles. The topological polar surface area (TPSA) is 98.1 Å². The molecule has 0 bridgehead atoms. The van der Waals surface area contributed by atoms with Crippen LogP contribution in [0.3, 0.4) is 0 Å². The zero-order valence-electron chi connectivity index (χ0n) is 13.9. The Morgan fingerprint density at radius 2 is 1.78 bits per heavy atom. The van der Waals surface area contributed by atoms with Gasteiger partial charge in [0.2, 0.25) is 0 Å². The predicted molar refractivity (Wildman–Crippen MR) is 82.9 cm³/mol. The highest BCUT2D eigenvalue weighted by atomic mass is 16.7. The first kappa shape index (κ1) is 17.9. The van der Waals surface area contributed by atoms with Crippen LogP contribution in [0.1, 0.15) is 39.4 Å². The molecule has 7 nitrogen and oxygen atoms in total. The van der Waals surface area contributed by atoms with Gasteiger partial charge in [0.05, 0.1) is 18.3 Å². The highest BCUT2D eigenvalue weighted by molar-refractivity contribution is 6.62. The third-order valence-corrected chi connectivity index (χ3v) is 4.39. The molecule has 2 unspecified atom stereocenters. The number of ether oxygens (including phenoxy) is 1. The van der Waals surface area contributed by atoms with Gasteiger partial charge in [0.25, 0.3) is 0 Å². The number of methoxy groups -OCH3 is 1. The Bertz CT molecular complexity index is 575. The first-order valence-corrected chi connectivity index (χ1v) is 7.33. The second kappa shape index (κ2) is 6.20. The number of nitrogens with zero attached hydrogens (tertiary/aromatic N) is 1. The molecular weight excluding hydrogens is 301 g/mol. The summed E-state index contributed by atoms with van der Waals surface area (Å²) in [5.74, 6) is -0.918. The number of aliphatic hydroxyl groups is 2. The van der Waals surface area contributed by atoms with Crippen molar-refractivity contribution in [3.05, 3.63) is 24.0 Å². The van der Waals surface area contributed by atoms with Gasteiger partial charge in [0.15, 0.2) is 6.10 Å². The molecule has 8 heteroatoms. The van der Waals surface area contributed by atoms with Crippen LogP contribution in [0.15, 0.2) is 18.5 Å². The average molecular weight is 323 g/mol. The van der Waals surface area contributed by atoms with Crippen LogP contribution in [0.2, 0.25) is 0 Å². The van der Waals surface area contributed by atoms with Crippen LogP contribution < -0.4 is 5.46 Å². The molecule has 2 rings (SSSR count). The highest BCUT2D eigenvalue weighted by Gasteiger charge is 2.51. The van der Waals surface area contributed by atoms with E-state index in [4.69, 9.17) is 9.31 Å². The molecule has 2 heterocycles. The predicted octanol–water partition coefficient (Wildman–Crippen LogP) is -0.0519. The van der Waals surface area contributed by atoms with Gasteiger partial charge < -0.3 is 24.3 Å². The molecule has 0 radical (unpaired) electrons. The van der Waals surface area contributed by atoms with Crippen molar-refractivity contribution in [2.45, 2.75) is 51.1 Å². The van der Waals surface area contributed by atoms with Crippen LogP contribution in [0.4, 0.5) is 0 Å². The Hall–Kier alpha value is -1.48. The summed E-state index contributed by atoms with van der Waals surface area (Å²) < 4.78 is 16.3. The summed E-state index contributed by atoms with van der Waals surface area (Å²) in [6.45, 7) is 7.72. The summed E-state index contributed by atoms with van der Waals surface area (Å²) in [6, 6.07) is 1.59. The normalized spacial score (nSPS) is 21.8. The summed E-state index contributed by atoms with van der Waals surface area (Å²) in [6.07, 6.45) is -0.207. The fourth-order valence-corrected chi connectivity index (χ4v) is 2.18. The van der Waals surface area contributed by atoms with E-state index in [9.17, 15) is 15.0 Å². The van der Waals surface area contributed by atoms with Crippen LogP contribution in [-0.2, 0) is 18.8 Å². The Kier molecular flexibility index (Phi) is 4.82. The van der Waals surface area contributed by atoms with Crippen LogP contribution in [-0.4, -0.2) is 52.7 Å². The van der Waals surface area contributed by atoms with Gasteiger partial charge in [-0.3, -0.25) is 4.98 Å². The maximum Gasteiger partial charge on any atom is 0.496 e. The Morgan fingerprint density at radius 3 is 2.30 bits per heavy atom.